The zero-order valence-corrected chi connectivity index (χ0v) is 15.8. The fourth-order valence-electron chi connectivity index (χ4n) is 3.09. The minimum Gasteiger partial charge on any atom is -0.354 e. The number of hydrogen-bond acceptors (Lipinski definition) is 4. The fourth-order valence-corrected chi connectivity index (χ4v) is 3.09. The van der Waals surface area contributed by atoms with E-state index in [0.29, 0.717) is 19.0 Å². The lowest BCUT2D eigenvalue weighted by Crippen LogP contribution is -2.53. The van der Waals surface area contributed by atoms with Crippen molar-refractivity contribution in [1.29, 1.82) is 0 Å². The second-order valence-corrected chi connectivity index (χ2v) is 6.63. The Labute approximate surface area is 150 Å². The minimum absolute atomic E-state index is 0. The number of halogens is 2. The molecule has 1 aliphatic rings. The minimum atomic E-state index is -0.373. The monoisotopic (exact) mass is 365 g/mol. The molecule has 0 aromatic carbocycles. The van der Waals surface area contributed by atoms with Crippen molar-refractivity contribution in [2.75, 3.05) is 6.54 Å². The van der Waals surface area contributed by atoms with Gasteiger partial charge in [0, 0.05) is 24.5 Å². The van der Waals surface area contributed by atoms with Crippen LogP contribution in [0.5, 0.6) is 0 Å². The van der Waals surface area contributed by atoms with Crippen molar-refractivity contribution in [3.63, 3.8) is 0 Å². The third-order valence-electron chi connectivity index (χ3n) is 4.38. The lowest BCUT2D eigenvalue weighted by atomic mass is 9.74. The van der Waals surface area contributed by atoms with Crippen LogP contribution < -0.4 is 11.1 Å². The number of nitrogens with one attached hydrogen (secondary N) is 1. The molecule has 23 heavy (non-hydrogen) atoms. The maximum atomic E-state index is 12.3. The molecule has 134 valence electrons. The molecule has 2 atom stereocenters. The number of hydrogen-bond donors (Lipinski definition) is 2. The highest BCUT2D eigenvalue weighted by Gasteiger charge is 2.37. The molecule has 1 aromatic heterocycles. The van der Waals surface area contributed by atoms with E-state index < -0.39 is 0 Å². The molecule has 3 N–H and O–H groups in total. The summed E-state index contributed by atoms with van der Waals surface area (Å²) >= 11 is 0. The van der Waals surface area contributed by atoms with Crippen LogP contribution in [-0.4, -0.2) is 32.8 Å². The highest BCUT2D eigenvalue weighted by Crippen LogP contribution is 2.31. The van der Waals surface area contributed by atoms with E-state index in [4.69, 9.17) is 5.73 Å². The average molecular weight is 366 g/mol. The van der Waals surface area contributed by atoms with Crippen molar-refractivity contribution in [3.8, 4) is 0 Å². The Hall–Kier alpha value is -0.850. The van der Waals surface area contributed by atoms with Crippen LogP contribution in [0.2, 0.25) is 0 Å². The SMILES string of the molecule is CC(C)c1nncn1CCNC(=O)C1CCCCC1(C)N.Cl.Cl. The summed E-state index contributed by atoms with van der Waals surface area (Å²) in [6.45, 7) is 7.44. The Balaban J connectivity index is 0.00000242. The second kappa shape index (κ2) is 9.45. The summed E-state index contributed by atoms with van der Waals surface area (Å²) in [5.41, 5.74) is 5.89. The summed E-state index contributed by atoms with van der Waals surface area (Å²) < 4.78 is 1.99. The van der Waals surface area contributed by atoms with Crippen LogP contribution >= 0.6 is 24.8 Å². The first-order valence-corrected chi connectivity index (χ1v) is 7.86. The van der Waals surface area contributed by atoms with E-state index in [9.17, 15) is 4.79 Å². The van der Waals surface area contributed by atoms with Gasteiger partial charge in [0.25, 0.3) is 0 Å². The predicted molar refractivity (Wildman–Crippen MR) is 96.2 cm³/mol. The molecular weight excluding hydrogens is 337 g/mol. The molecule has 0 aliphatic heterocycles. The molecule has 0 spiro atoms. The van der Waals surface area contributed by atoms with Crippen LogP contribution in [0.3, 0.4) is 0 Å². The molecular formula is C15H29Cl2N5O. The second-order valence-electron chi connectivity index (χ2n) is 6.63. The van der Waals surface area contributed by atoms with E-state index in [1.54, 1.807) is 6.33 Å². The van der Waals surface area contributed by atoms with Gasteiger partial charge >= 0.3 is 0 Å². The van der Waals surface area contributed by atoms with Gasteiger partial charge in [-0.1, -0.05) is 26.7 Å². The predicted octanol–water partition coefficient (Wildman–Crippen LogP) is 2.27. The Morgan fingerprint density at radius 2 is 2.17 bits per heavy atom. The molecule has 8 heteroatoms. The quantitative estimate of drug-likeness (QED) is 0.837. The molecule has 1 saturated carbocycles. The third kappa shape index (κ3) is 5.62. The number of carbonyl (C=O) groups excluding carboxylic acids is 1. The number of amides is 1. The molecule has 0 saturated heterocycles. The first-order chi connectivity index (χ1) is 9.92. The van der Waals surface area contributed by atoms with Gasteiger partial charge in [0.2, 0.25) is 5.91 Å². The van der Waals surface area contributed by atoms with Crippen molar-refractivity contribution in [2.24, 2.45) is 11.7 Å². The van der Waals surface area contributed by atoms with E-state index in [1.807, 2.05) is 11.5 Å². The van der Waals surface area contributed by atoms with Gasteiger partial charge in [0.15, 0.2) is 0 Å². The lowest BCUT2D eigenvalue weighted by Gasteiger charge is -2.37. The fraction of sp³-hybridized carbons (Fsp3) is 0.800. The first kappa shape index (κ1) is 22.1. The van der Waals surface area contributed by atoms with Gasteiger partial charge in [-0.2, -0.15) is 0 Å². The van der Waals surface area contributed by atoms with Gasteiger partial charge < -0.3 is 15.6 Å². The van der Waals surface area contributed by atoms with Crippen LogP contribution in [0.1, 0.15) is 58.2 Å². The topological polar surface area (TPSA) is 85.8 Å². The van der Waals surface area contributed by atoms with Gasteiger partial charge in [-0.3, -0.25) is 4.79 Å². The lowest BCUT2D eigenvalue weighted by molar-refractivity contribution is -0.128. The summed E-state index contributed by atoms with van der Waals surface area (Å²) in [4.78, 5) is 12.3. The van der Waals surface area contributed by atoms with Crippen molar-refractivity contribution < 1.29 is 4.79 Å². The summed E-state index contributed by atoms with van der Waals surface area (Å²) in [5.74, 6) is 1.29. The van der Waals surface area contributed by atoms with Gasteiger partial charge in [-0.25, -0.2) is 0 Å². The van der Waals surface area contributed by atoms with Crippen LogP contribution in [0.25, 0.3) is 0 Å². The number of aromatic nitrogens is 3. The molecule has 1 amide bonds. The van der Waals surface area contributed by atoms with Crippen LogP contribution in [0.4, 0.5) is 0 Å². The molecule has 1 aromatic rings. The maximum absolute atomic E-state index is 12.3. The first-order valence-electron chi connectivity index (χ1n) is 7.86. The van der Waals surface area contributed by atoms with E-state index in [2.05, 4.69) is 29.4 Å². The summed E-state index contributed by atoms with van der Waals surface area (Å²) in [6, 6.07) is 0. The van der Waals surface area contributed by atoms with Gasteiger partial charge in [0.05, 0.1) is 5.92 Å². The average Bonchev–Trinajstić information content (AvgIpc) is 2.86. The molecule has 0 radical (unpaired) electrons. The Morgan fingerprint density at radius 1 is 1.48 bits per heavy atom. The van der Waals surface area contributed by atoms with Crippen LogP contribution in [0, 0.1) is 5.92 Å². The zero-order chi connectivity index (χ0) is 15.5. The van der Waals surface area contributed by atoms with Crippen LogP contribution in [0.15, 0.2) is 6.33 Å². The smallest absolute Gasteiger partial charge is 0.225 e. The van der Waals surface area contributed by atoms with E-state index >= 15 is 0 Å². The molecule has 2 unspecified atom stereocenters. The van der Waals surface area contributed by atoms with Crippen LogP contribution in [-0.2, 0) is 11.3 Å². The van der Waals surface area contributed by atoms with Crippen molar-refractivity contribution in [3.05, 3.63) is 12.2 Å². The normalized spacial score (nSPS) is 23.8. The van der Waals surface area contributed by atoms with Gasteiger partial charge in [-0.15, -0.1) is 35.0 Å². The maximum Gasteiger partial charge on any atom is 0.225 e. The summed E-state index contributed by atoms with van der Waals surface area (Å²) in [7, 11) is 0. The van der Waals surface area contributed by atoms with E-state index in [-0.39, 0.29) is 42.2 Å². The zero-order valence-electron chi connectivity index (χ0n) is 14.1. The number of nitrogens with zero attached hydrogens (tertiary/aromatic N) is 3. The number of carbonyl (C=O) groups is 1. The van der Waals surface area contributed by atoms with E-state index in [0.717, 1.165) is 31.5 Å². The van der Waals surface area contributed by atoms with E-state index in [1.165, 1.54) is 0 Å². The largest absolute Gasteiger partial charge is 0.354 e. The molecule has 2 rings (SSSR count). The Kier molecular flexibility index (Phi) is 9.10. The van der Waals surface area contributed by atoms with Crippen molar-refractivity contribution in [1.82, 2.24) is 20.1 Å². The standard InChI is InChI=1S/C15H27N5O.2ClH/c1-11(2)13-19-18-10-20(13)9-8-17-14(21)12-6-4-5-7-15(12,3)16;;/h10-12H,4-9,16H2,1-3H3,(H,17,21);2*1H. The number of nitrogens with two attached hydrogens (primary N) is 1. The Morgan fingerprint density at radius 3 is 2.78 bits per heavy atom. The molecule has 1 aliphatic carbocycles. The highest BCUT2D eigenvalue weighted by atomic mass is 35.5. The highest BCUT2D eigenvalue weighted by molar-refractivity contribution is 5.85. The molecule has 0 bridgehead atoms. The van der Waals surface area contributed by atoms with Gasteiger partial charge in [0.1, 0.15) is 12.2 Å². The van der Waals surface area contributed by atoms with Crippen molar-refractivity contribution >= 4 is 30.7 Å². The summed E-state index contributed by atoms with van der Waals surface area (Å²) in [6.07, 6.45) is 5.74. The Bertz CT molecular complexity index is 490. The summed E-state index contributed by atoms with van der Waals surface area (Å²) in [5, 5.41) is 11.1. The van der Waals surface area contributed by atoms with Crippen molar-refractivity contribution in [2.45, 2.75) is 64.5 Å². The van der Waals surface area contributed by atoms with Gasteiger partial charge in [-0.05, 0) is 19.8 Å². The molecule has 1 heterocycles. The molecule has 6 nitrogen and oxygen atoms in total. The molecule has 1 fully saturated rings. The third-order valence-corrected chi connectivity index (χ3v) is 4.38. The number of rotatable bonds is 5.